The molecule has 0 atom stereocenters. The summed E-state index contributed by atoms with van der Waals surface area (Å²) >= 11 is 1.57. The molecule has 0 bridgehead atoms. The van der Waals surface area contributed by atoms with Crippen molar-refractivity contribution < 1.29 is 14.0 Å². The molecule has 4 nitrogen and oxygen atoms in total. The number of nitrogens with one attached hydrogen (secondary N) is 1. The lowest BCUT2D eigenvalue weighted by Gasteiger charge is -2.02. The Morgan fingerprint density at radius 1 is 1.35 bits per heavy atom. The van der Waals surface area contributed by atoms with Crippen molar-refractivity contribution in [1.82, 2.24) is 5.32 Å². The smallest absolute Gasteiger partial charge is 0.261 e. The SMILES string of the molecule is O=C(CO/N=C\c1ccccc1F)NCc1cccs1. The minimum atomic E-state index is -0.387. The zero-order valence-electron chi connectivity index (χ0n) is 10.6. The quantitative estimate of drug-likeness (QED) is 0.657. The first-order chi connectivity index (χ1) is 9.75. The van der Waals surface area contributed by atoms with Crippen LogP contribution in [0.15, 0.2) is 46.9 Å². The molecule has 0 saturated heterocycles. The molecule has 0 saturated carbocycles. The fourth-order valence-corrected chi connectivity index (χ4v) is 2.06. The van der Waals surface area contributed by atoms with Crippen molar-refractivity contribution in [2.45, 2.75) is 6.54 Å². The van der Waals surface area contributed by atoms with Crippen LogP contribution in [0.5, 0.6) is 0 Å². The van der Waals surface area contributed by atoms with Gasteiger partial charge in [-0.05, 0) is 17.5 Å². The lowest BCUT2D eigenvalue weighted by Crippen LogP contribution is -2.26. The van der Waals surface area contributed by atoms with Crippen LogP contribution in [0.4, 0.5) is 4.39 Å². The Kier molecular flexibility index (Phi) is 5.25. The molecule has 0 unspecified atom stereocenters. The number of benzene rings is 1. The van der Waals surface area contributed by atoms with Crippen molar-refractivity contribution >= 4 is 23.5 Å². The second-order valence-corrected chi connectivity index (χ2v) is 4.92. The number of oxime groups is 1. The molecule has 0 spiro atoms. The maximum Gasteiger partial charge on any atom is 0.261 e. The van der Waals surface area contributed by atoms with Gasteiger partial charge < -0.3 is 10.2 Å². The summed E-state index contributed by atoms with van der Waals surface area (Å²) in [6.45, 7) is 0.271. The highest BCUT2D eigenvalue weighted by Gasteiger charge is 2.02. The third kappa shape index (κ3) is 4.47. The Labute approximate surface area is 119 Å². The van der Waals surface area contributed by atoms with E-state index in [0.717, 1.165) is 4.88 Å². The van der Waals surface area contributed by atoms with Gasteiger partial charge in [-0.1, -0.05) is 29.4 Å². The van der Waals surface area contributed by atoms with Gasteiger partial charge in [0, 0.05) is 10.4 Å². The molecule has 20 heavy (non-hydrogen) atoms. The first-order valence-corrected chi connectivity index (χ1v) is 6.82. The summed E-state index contributed by atoms with van der Waals surface area (Å²) in [5.74, 6) is -0.661. The van der Waals surface area contributed by atoms with Crippen molar-refractivity contribution in [2.24, 2.45) is 5.16 Å². The molecule has 0 aliphatic rings. The summed E-state index contributed by atoms with van der Waals surface area (Å²) in [4.78, 5) is 17.3. The fraction of sp³-hybridized carbons (Fsp3) is 0.143. The van der Waals surface area contributed by atoms with Crippen molar-refractivity contribution in [2.75, 3.05) is 6.61 Å². The number of hydrogen-bond donors (Lipinski definition) is 1. The van der Waals surface area contributed by atoms with Crippen molar-refractivity contribution in [3.63, 3.8) is 0 Å². The molecule has 2 rings (SSSR count). The Bertz CT molecular complexity index is 585. The molecule has 2 aromatic rings. The highest BCUT2D eigenvalue weighted by molar-refractivity contribution is 7.09. The first kappa shape index (κ1) is 14.2. The molecule has 1 aromatic carbocycles. The Hall–Kier alpha value is -2.21. The number of hydrogen-bond acceptors (Lipinski definition) is 4. The van der Waals surface area contributed by atoms with Gasteiger partial charge in [0.05, 0.1) is 12.8 Å². The molecule has 1 N–H and O–H groups in total. The van der Waals surface area contributed by atoms with Crippen molar-refractivity contribution in [1.29, 1.82) is 0 Å². The van der Waals surface area contributed by atoms with Gasteiger partial charge in [0.25, 0.3) is 5.91 Å². The van der Waals surface area contributed by atoms with Gasteiger partial charge in [0.2, 0.25) is 0 Å². The summed E-state index contributed by atoms with van der Waals surface area (Å²) in [5, 5.41) is 8.20. The molecule has 0 fully saturated rings. The van der Waals surface area contributed by atoms with Crippen LogP contribution in [0.1, 0.15) is 10.4 Å². The zero-order chi connectivity index (χ0) is 14.2. The second kappa shape index (κ2) is 7.40. The highest BCUT2D eigenvalue weighted by Crippen LogP contribution is 2.07. The van der Waals surface area contributed by atoms with E-state index in [4.69, 9.17) is 4.84 Å². The molecule has 0 aliphatic carbocycles. The van der Waals surface area contributed by atoms with Crippen LogP contribution >= 0.6 is 11.3 Å². The summed E-state index contributed by atoms with van der Waals surface area (Å²) in [6.07, 6.45) is 1.24. The predicted molar refractivity (Wildman–Crippen MR) is 76.1 cm³/mol. The van der Waals surface area contributed by atoms with Crippen LogP contribution in [0, 0.1) is 5.82 Å². The zero-order valence-corrected chi connectivity index (χ0v) is 11.4. The Morgan fingerprint density at radius 3 is 2.95 bits per heavy atom. The molecule has 1 heterocycles. The number of carbonyl (C=O) groups is 1. The molecule has 0 radical (unpaired) electrons. The summed E-state index contributed by atoms with van der Waals surface area (Å²) in [5.41, 5.74) is 0.312. The van der Waals surface area contributed by atoms with E-state index in [9.17, 15) is 9.18 Å². The van der Waals surface area contributed by atoms with Gasteiger partial charge in [-0.25, -0.2) is 4.39 Å². The van der Waals surface area contributed by atoms with Gasteiger partial charge >= 0.3 is 0 Å². The Balaban J connectivity index is 1.70. The minimum absolute atomic E-state index is 0.198. The number of rotatable bonds is 6. The fourth-order valence-electron chi connectivity index (χ4n) is 1.42. The van der Waals surface area contributed by atoms with Gasteiger partial charge in [-0.15, -0.1) is 11.3 Å². The van der Waals surface area contributed by atoms with Crippen molar-refractivity contribution in [3.05, 3.63) is 58.0 Å². The average molecular weight is 292 g/mol. The van der Waals surface area contributed by atoms with E-state index in [0.29, 0.717) is 12.1 Å². The lowest BCUT2D eigenvalue weighted by molar-refractivity contribution is -0.125. The molecule has 104 valence electrons. The predicted octanol–water partition coefficient (Wildman–Crippen LogP) is 2.55. The van der Waals surface area contributed by atoms with E-state index in [1.807, 2.05) is 17.5 Å². The third-order valence-corrected chi connectivity index (χ3v) is 3.28. The first-order valence-electron chi connectivity index (χ1n) is 5.94. The molecule has 1 amide bonds. The van der Waals surface area contributed by atoms with Crippen LogP contribution in [0.2, 0.25) is 0 Å². The summed E-state index contributed by atoms with van der Waals surface area (Å²) < 4.78 is 13.2. The van der Waals surface area contributed by atoms with Gasteiger partial charge in [-0.2, -0.15) is 0 Å². The van der Waals surface area contributed by atoms with E-state index in [-0.39, 0.29) is 18.3 Å². The minimum Gasteiger partial charge on any atom is -0.386 e. The highest BCUT2D eigenvalue weighted by atomic mass is 32.1. The number of amides is 1. The average Bonchev–Trinajstić information content (AvgIpc) is 2.96. The van der Waals surface area contributed by atoms with Crippen LogP contribution in [0.3, 0.4) is 0 Å². The van der Waals surface area contributed by atoms with Crippen LogP contribution in [-0.2, 0) is 16.2 Å². The maximum absolute atomic E-state index is 13.2. The van der Waals surface area contributed by atoms with Crippen LogP contribution < -0.4 is 5.32 Å². The van der Waals surface area contributed by atoms with Gasteiger partial charge in [0.15, 0.2) is 6.61 Å². The third-order valence-electron chi connectivity index (χ3n) is 2.41. The van der Waals surface area contributed by atoms with Gasteiger partial charge in [-0.3, -0.25) is 4.79 Å². The van der Waals surface area contributed by atoms with E-state index in [1.165, 1.54) is 12.3 Å². The largest absolute Gasteiger partial charge is 0.386 e. The van der Waals surface area contributed by atoms with Crippen LogP contribution in [0.25, 0.3) is 0 Å². The monoisotopic (exact) mass is 292 g/mol. The van der Waals surface area contributed by atoms with E-state index < -0.39 is 0 Å². The van der Waals surface area contributed by atoms with E-state index in [1.54, 1.807) is 29.5 Å². The number of thiophene rings is 1. The molecule has 1 aromatic heterocycles. The van der Waals surface area contributed by atoms with Crippen molar-refractivity contribution in [3.8, 4) is 0 Å². The molecule has 0 aliphatic heterocycles. The summed E-state index contributed by atoms with van der Waals surface area (Å²) in [6, 6.07) is 10.0. The normalized spacial score (nSPS) is 10.7. The van der Waals surface area contributed by atoms with E-state index in [2.05, 4.69) is 10.5 Å². The van der Waals surface area contributed by atoms with E-state index >= 15 is 0 Å². The maximum atomic E-state index is 13.2. The Morgan fingerprint density at radius 2 is 2.20 bits per heavy atom. The standard InChI is InChI=1S/C14H13FN2O2S/c15-13-6-2-1-4-11(13)8-17-19-10-14(18)16-9-12-5-3-7-20-12/h1-8H,9-10H2,(H,16,18)/b17-8-. The number of halogens is 1. The molecule has 6 heteroatoms. The number of carbonyl (C=O) groups excluding carboxylic acids is 1. The second-order valence-electron chi connectivity index (χ2n) is 3.89. The topological polar surface area (TPSA) is 50.7 Å². The van der Waals surface area contributed by atoms with Gasteiger partial charge in [0.1, 0.15) is 5.82 Å². The molecular weight excluding hydrogens is 279 g/mol. The number of nitrogens with zero attached hydrogens (tertiary/aromatic N) is 1. The van der Waals surface area contributed by atoms with Crippen LogP contribution in [-0.4, -0.2) is 18.7 Å². The summed E-state index contributed by atoms with van der Waals surface area (Å²) in [7, 11) is 0. The molecular formula is C14H13FN2O2S. The lowest BCUT2D eigenvalue weighted by atomic mass is 10.2.